The quantitative estimate of drug-likeness (QED) is 0.704. The molecule has 1 unspecified atom stereocenters. The number of rotatable bonds is 9. The first kappa shape index (κ1) is 17.3. The summed E-state index contributed by atoms with van der Waals surface area (Å²) in [6, 6.07) is 4.42. The molecule has 20 heavy (non-hydrogen) atoms. The average Bonchev–Trinajstić information content (AvgIpc) is 2.47. The molecule has 0 heterocycles. The minimum atomic E-state index is 0.326. The number of ether oxygens (including phenoxy) is 2. The highest BCUT2D eigenvalue weighted by atomic mass is 79.9. The van der Waals surface area contributed by atoms with Crippen molar-refractivity contribution in [2.45, 2.75) is 45.6 Å². The van der Waals surface area contributed by atoms with E-state index in [0.29, 0.717) is 6.04 Å². The summed E-state index contributed by atoms with van der Waals surface area (Å²) in [6.45, 7) is 5.42. The third-order valence-electron chi connectivity index (χ3n) is 3.38. The second-order valence-electron chi connectivity index (χ2n) is 4.85. The van der Waals surface area contributed by atoms with Gasteiger partial charge in [0.2, 0.25) is 0 Å². The Labute approximate surface area is 131 Å². The Morgan fingerprint density at radius 2 is 1.90 bits per heavy atom. The van der Waals surface area contributed by atoms with E-state index < -0.39 is 0 Å². The van der Waals surface area contributed by atoms with E-state index in [9.17, 15) is 0 Å². The van der Waals surface area contributed by atoms with Gasteiger partial charge in [0, 0.05) is 11.6 Å². The van der Waals surface area contributed by atoms with Crippen LogP contribution in [0.15, 0.2) is 16.6 Å². The van der Waals surface area contributed by atoms with Gasteiger partial charge in [0.1, 0.15) is 16.0 Å². The summed E-state index contributed by atoms with van der Waals surface area (Å²) < 4.78 is 11.8. The van der Waals surface area contributed by atoms with Gasteiger partial charge in [-0.15, -0.1) is 0 Å². The fraction of sp³-hybridized carbons (Fsp3) is 0.625. The summed E-state index contributed by atoms with van der Waals surface area (Å²) in [5.41, 5.74) is 1.20. The third-order valence-corrected chi connectivity index (χ3v) is 4.13. The molecule has 0 aromatic heterocycles. The summed E-state index contributed by atoms with van der Waals surface area (Å²) in [5, 5.41) is 3.62. The van der Waals surface area contributed by atoms with Gasteiger partial charge < -0.3 is 14.8 Å². The van der Waals surface area contributed by atoms with Crippen LogP contribution in [0.25, 0.3) is 0 Å². The zero-order valence-electron chi connectivity index (χ0n) is 13.0. The molecule has 114 valence electrons. The molecular weight excluding hydrogens is 318 g/mol. The Hall–Kier alpha value is -0.740. The minimum Gasteiger partial charge on any atom is -0.495 e. The van der Waals surface area contributed by atoms with Gasteiger partial charge in [0.15, 0.2) is 0 Å². The number of hydrogen-bond acceptors (Lipinski definition) is 3. The number of benzene rings is 1. The van der Waals surface area contributed by atoms with Crippen molar-refractivity contribution in [2.75, 3.05) is 20.8 Å². The monoisotopic (exact) mass is 343 g/mol. The highest BCUT2D eigenvalue weighted by Gasteiger charge is 2.19. The van der Waals surface area contributed by atoms with Gasteiger partial charge in [0.05, 0.1) is 14.2 Å². The SMILES string of the molecule is CCCCC(NCCC)c1ccc(OC)c(Br)c1OC. The zero-order chi connectivity index (χ0) is 15.0. The molecule has 1 atom stereocenters. The average molecular weight is 344 g/mol. The fourth-order valence-electron chi connectivity index (χ4n) is 2.29. The molecule has 3 nitrogen and oxygen atoms in total. The van der Waals surface area contributed by atoms with Crippen LogP contribution in [0.5, 0.6) is 11.5 Å². The number of hydrogen-bond donors (Lipinski definition) is 1. The highest BCUT2D eigenvalue weighted by molar-refractivity contribution is 9.10. The predicted octanol–water partition coefficient (Wildman–Crippen LogP) is 4.70. The molecule has 1 aromatic rings. The molecule has 0 saturated heterocycles. The van der Waals surface area contributed by atoms with Crippen molar-refractivity contribution in [3.8, 4) is 11.5 Å². The number of nitrogens with one attached hydrogen (secondary N) is 1. The molecule has 0 radical (unpaired) electrons. The summed E-state index contributed by atoms with van der Waals surface area (Å²) in [6.07, 6.45) is 4.64. The van der Waals surface area contributed by atoms with Crippen LogP contribution >= 0.6 is 15.9 Å². The lowest BCUT2D eigenvalue weighted by Gasteiger charge is -2.22. The van der Waals surface area contributed by atoms with Gasteiger partial charge in [-0.1, -0.05) is 26.7 Å². The maximum Gasteiger partial charge on any atom is 0.141 e. The van der Waals surface area contributed by atoms with Gasteiger partial charge in [-0.25, -0.2) is 0 Å². The standard InChI is InChI=1S/C16H26BrNO2/c1-5-7-8-13(18-11-6-2)12-9-10-14(19-3)15(17)16(12)20-4/h9-10,13,18H,5-8,11H2,1-4H3. The van der Waals surface area contributed by atoms with Crippen molar-refractivity contribution in [1.82, 2.24) is 5.32 Å². The predicted molar refractivity (Wildman–Crippen MR) is 87.8 cm³/mol. The van der Waals surface area contributed by atoms with E-state index in [1.54, 1.807) is 14.2 Å². The summed E-state index contributed by atoms with van der Waals surface area (Å²) in [7, 11) is 3.38. The molecule has 4 heteroatoms. The second kappa shape index (κ2) is 9.24. The molecule has 0 saturated carbocycles. The number of methoxy groups -OCH3 is 2. The van der Waals surface area contributed by atoms with Crippen LogP contribution in [-0.4, -0.2) is 20.8 Å². The lowest BCUT2D eigenvalue weighted by Crippen LogP contribution is -2.22. The maximum atomic E-state index is 5.59. The molecule has 1 N–H and O–H groups in total. The Morgan fingerprint density at radius 3 is 2.45 bits per heavy atom. The van der Waals surface area contributed by atoms with E-state index in [1.165, 1.54) is 18.4 Å². The lowest BCUT2D eigenvalue weighted by molar-refractivity contribution is 0.375. The van der Waals surface area contributed by atoms with E-state index in [0.717, 1.165) is 35.4 Å². The van der Waals surface area contributed by atoms with Gasteiger partial charge >= 0.3 is 0 Å². The van der Waals surface area contributed by atoms with Crippen LogP contribution in [0.1, 0.15) is 51.1 Å². The molecule has 0 amide bonds. The zero-order valence-corrected chi connectivity index (χ0v) is 14.5. The van der Waals surface area contributed by atoms with E-state index in [2.05, 4.69) is 41.2 Å². The van der Waals surface area contributed by atoms with E-state index in [-0.39, 0.29) is 0 Å². The second-order valence-corrected chi connectivity index (χ2v) is 5.65. The number of unbranched alkanes of at least 4 members (excludes halogenated alkanes) is 1. The lowest BCUT2D eigenvalue weighted by atomic mass is 9.99. The Balaban J connectivity index is 3.07. The van der Waals surface area contributed by atoms with Crippen molar-refractivity contribution < 1.29 is 9.47 Å². The van der Waals surface area contributed by atoms with Crippen molar-refractivity contribution in [2.24, 2.45) is 0 Å². The van der Waals surface area contributed by atoms with Crippen molar-refractivity contribution in [3.05, 3.63) is 22.2 Å². The van der Waals surface area contributed by atoms with Crippen molar-refractivity contribution in [1.29, 1.82) is 0 Å². The normalized spacial score (nSPS) is 12.2. The highest BCUT2D eigenvalue weighted by Crippen LogP contribution is 2.40. The van der Waals surface area contributed by atoms with Crippen LogP contribution in [0.3, 0.4) is 0 Å². The van der Waals surface area contributed by atoms with Crippen LogP contribution in [0.2, 0.25) is 0 Å². The molecule has 0 bridgehead atoms. The maximum absolute atomic E-state index is 5.59. The van der Waals surface area contributed by atoms with Crippen LogP contribution in [-0.2, 0) is 0 Å². The third kappa shape index (κ3) is 4.38. The van der Waals surface area contributed by atoms with E-state index in [4.69, 9.17) is 9.47 Å². The van der Waals surface area contributed by atoms with Crippen molar-refractivity contribution in [3.63, 3.8) is 0 Å². The van der Waals surface area contributed by atoms with Crippen LogP contribution < -0.4 is 14.8 Å². The molecule has 0 aliphatic rings. The Kier molecular flexibility index (Phi) is 8.00. The molecule has 0 aliphatic carbocycles. The molecule has 1 rings (SSSR count). The first-order valence-corrected chi connectivity index (χ1v) is 8.12. The van der Waals surface area contributed by atoms with Gasteiger partial charge in [0.25, 0.3) is 0 Å². The van der Waals surface area contributed by atoms with Gasteiger partial charge in [-0.05, 0) is 47.4 Å². The Bertz CT molecular complexity index is 402. The molecule has 0 aliphatic heterocycles. The number of halogens is 1. The first-order valence-electron chi connectivity index (χ1n) is 7.33. The smallest absolute Gasteiger partial charge is 0.141 e. The molecule has 0 fully saturated rings. The van der Waals surface area contributed by atoms with Crippen molar-refractivity contribution >= 4 is 15.9 Å². The fourth-order valence-corrected chi connectivity index (χ4v) is 2.97. The first-order chi connectivity index (χ1) is 9.69. The van der Waals surface area contributed by atoms with Gasteiger partial charge in [-0.3, -0.25) is 0 Å². The minimum absolute atomic E-state index is 0.326. The van der Waals surface area contributed by atoms with E-state index in [1.807, 2.05) is 6.07 Å². The van der Waals surface area contributed by atoms with Gasteiger partial charge in [-0.2, -0.15) is 0 Å². The largest absolute Gasteiger partial charge is 0.495 e. The Morgan fingerprint density at radius 1 is 1.15 bits per heavy atom. The molecule has 0 spiro atoms. The summed E-state index contributed by atoms with van der Waals surface area (Å²) >= 11 is 3.58. The summed E-state index contributed by atoms with van der Waals surface area (Å²) in [5.74, 6) is 1.67. The van der Waals surface area contributed by atoms with Crippen LogP contribution in [0, 0.1) is 0 Å². The van der Waals surface area contributed by atoms with Crippen LogP contribution in [0.4, 0.5) is 0 Å². The molecule has 1 aromatic carbocycles. The summed E-state index contributed by atoms with van der Waals surface area (Å²) in [4.78, 5) is 0. The van der Waals surface area contributed by atoms with E-state index >= 15 is 0 Å². The topological polar surface area (TPSA) is 30.5 Å². The molecular formula is C16H26BrNO2.